The second-order valence-electron chi connectivity index (χ2n) is 4.66. The average molecular weight is 244 g/mol. The van der Waals surface area contributed by atoms with Crippen LogP contribution in [0.15, 0.2) is 0 Å². The largest absolute Gasteiger partial charge is 0.323 e. The third-order valence-corrected chi connectivity index (χ3v) is 4.77. The Labute approximate surface area is 99.4 Å². The van der Waals surface area contributed by atoms with Gasteiger partial charge in [-0.2, -0.15) is 0 Å². The molecule has 92 valence electrons. The second kappa shape index (κ2) is 5.17. The number of carbonyl (C=O) groups is 1. The van der Waals surface area contributed by atoms with Crippen molar-refractivity contribution in [3.63, 3.8) is 0 Å². The molecule has 0 aromatic rings. The number of hydrogen-bond donors (Lipinski definition) is 0. The molecular weight excluding hydrogens is 224 g/mol. The van der Waals surface area contributed by atoms with Crippen LogP contribution in [0.25, 0.3) is 0 Å². The molecule has 0 aromatic heterocycles. The van der Waals surface area contributed by atoms with Crippen molar-refractivity contribution in [2.75, 3.05) is 31.1 Å². The van der Waals surface area contributed by atoms with Crippen molar-refractivity contribution in [1.82, 2.24) is 9.80 Å². The Kier molecular flexibility index (Phi) is 3.84. The van der Waals surface area contributed by atoms with Gasteiger partial charge in [-0.05, 0) is 26.2 Å². The molecule has 0 spiro atoms. The van der Waals surface area contributed by atoms with Crippen molar-refractivity contribution in [3.8, 4) is 0 Å². The van der Waals surface area contributed by atoms with Gasteiger partial charge < -0.3 is 9.80 Å². The number of likely N-dealkylation sites (tertiary alicyclic amines) is 1. The first-order valence-corrected chi connectivity index (χ1v) is 7.58. The van der Waals surface area contributed by atoms with Crippen LogP contribution in [0, 0.1) is 0 Å². The molecule has 2 amide bonds. The van der Waals surface area contributed by atoms with Gasteiger partial charge in [0.25, 0.3) is 0 Å². The smallest absolute Gasteiger partial charge is 0.320 e. The molecule has 16 heavy (non-hydrogen) atoms. The van der Waals surface area contributed by atoms with E-state index >= 15 is 0 Å². The highest BCUT2D eigenvalue weighted by atomic mass is 32.2. The topological polar surface area (TPSA) is 40.6 Å². The summed E-state index contributed by atoms with van der Waals surface area (Å²) in [7, 11) is -0.704. The van der Waals surface area contributed by atoms with Gasteiger partial charge in [0, 0.05) is 48.0 Å². The van der Waals surface area contributed by atoms with Crippen LogP contribution in [0.5, 0.6) is 0 Å². The normalized spacial score (nSPS) is 28.2. The molecule has 2 aliphatic rings. The fourth-order valence-corrected chi connectivity index (χ4v) is 3.45. The third kappa shape index (κ3) is 2.56. The Bertz CT molecular complexity index is 286. The molecule has 0 aromatic carbocycles. The predicted molar refractivity (Wildman–Crippen MR) is 64.9 cm³/mol. The van der Waals surface area contributed by atoms with Crippen LogP contribution in [-0.2, 0) is 10.8 Å². The number of rotatable bonds is 0. The molecule has 0 N–H and O–H groups in total. The van der Waals surface area contributed by atoms with Crippen LogP contribution in [0.1, 0.15) is 26.2 Å². The highest BCUT2D eigenvalue weighted by Crippen LogP contribution is 2.18. The monoisotopic (exact) mass is 244 g/mol. The first kappa shape index (κ1) is 11.9. The van der Waals surface area contributed by atoms with Crippen molar-refractivity contribution in [2.24, 2.45) is 0 Å². The molecule has 0 bridgehead atoms. The molecule has 1 unspecified atom stereocenters. The molecule has 2 heterocycles. The predicted octanol–water partition coefficient (Wildman–Crippen LogP) is 1.05. The van der Waals surface area contributed by atoms with Gasteiger partial charge in [0.1, 0.15) is 0 Å². The van der Waals surface area contributed by atoms with Gasteiger partial charge in [-0.1, -0.05) is 0 Å². The fraction of sp³-hybridized carbons (Fsp3) is 0.909. The van der Waals surface area contributed by atoms with Gasteiger partial charge in [0.2, 0.25) is 0 Å². The molecule has 2 aliphatic heterocycles. The zero-order valence-electron chi connectivity index (χ0n) is 9.85. The lowest BCUT2D eigenvalue weighted by molar-refractivity contribution is 0.124. The van der Waals surface area contributed by atoms with Crippen molar-refractivity contribution < 1.29 is 9.00 Å². The summed E-state index contributed by atoms with van der Waals surface area (Å²) in [6.45, 7) is 4.34. The quantitative estimate of drug-likeness (QED) is 0.639. The summed E-state index contributed by atoms with van der Waals surface area (Å²) in [5, 5.41) is 0. The number of amides is 2. The van der Waals surface area contributed by atoms with Gasteiger partial charge in [0.05, 0.1) is 0 Å². The SMILES string of the molecule is CC1CCCCN1C(=O)N1CCS(=O)CC1. The van der Waals surface area contributed by atoms with E-state index in [0.717, 1.165) is 19.4 Å². The van der Waals surface area contributed by atoms with E-state index in [4.69, 9.17) is 0 Å². The zero-order chi connectivity index (χ0) is 11.5. The first-order chi connectivity index (χ1) is 7.68. The lowest BCUT2D eigenvalue weighted by Gasteiger charge is -2.38. The average Bonchev–Trinajstić information content (AvgIpc) is 2.30. The van der Waals surface area contributed by atoms with Gasteiger partial charge in [-0.3, -0.25) is 4.21 Å². The summed E-state index contributed by atoms with van der Waals surface area (Å²) in [6, 6.07) is 0.526. The lowest BCUT2D eigenvalue weighted by atomic mass is 10.0. The Morgan fingerprint density at radius 2 is 1.88 bits per heavy atom. The summed E-state index contributed by atoms with van der Waals surface area (Å²) < 4.78 is 11.2. The zero-order valence-corrected chi connectivity index (χ0v) is 10.7. The van der Waals surface area contributed by atoms with Crippen molar-refractivity contribution in [2.45, 2.75) is 32.2 Å². The Morgan fingerprint density at radius 1 is 1.19 bits per heavy atom. The van der Waals surface area contributed by atoms with Crippen LogP contribution in [0.4, 0.5) is 4.79 Å². The molecule has 4 nitrogen and oxygen atoms in total. The molecule has 5 heteroatoms. The molecule has 2 saturated heterocycles. The van der Waals surface area contributed by atoms with E-state index in [1.54, 1.807) is 0 Å². The fourth-order valence-electron chi connectivity index (χ4n) is 2.39. The molecular formula is C11H20N2O2S. The van der Waals surface area contributed by atoms with Crippen molar-refractivity contribution in [1.29, 1.82) is 0 Å². The van der Waals surface area contributed by atoms with E-state index in [9.17, 15) is 9.00 Å². The van der Waals surface area contributed by atoms with Crippen LogP contribution in [0.3, 0.4) is 0 Å². The van der Waals surface area contributed by atoms with E-state index in [-0.39, 0.29) is 6.03 Å². The molecule has 0 radical (unpaired) electrons. The summed E-state index contributed by atoms with van der Waals surface area (Å²) in [5.74, 6) is 1.29. The van der Waals surface area contributed by atoms with E-state index in [0.29, 0.717) is 30.6 Å². The summed E-state index contributed by atoms with van der Waals surface area (Å²) in [6.07, 6.45) is 3.47. The lowest BCUT2D eigenvalue weighted by Crippen LogP contribution is -2.52. The van der Waals surface area contributed by atoms with Crippen molar-refractivity contribution in [3.05, 3.63) is 0 Å². The highest BCUT2D eigenvalue weighted by Gasteiger charge is 2.28. The minimum Gasteiger partial charge on any atom is -0.323 e. The first-order valence-electron chi connectivity index (χ1n) is 6.09. The van der Waals surface area contributed by atoms with Crippen LogP contribution in [0.2, 0.25) is 0 Å². The number of nitrogens with zero attached hydrogens (tertiary/aromatic N) is 2. The maximum atomic E-state index is 12.2. The highest BCUT2D eigenvalue weighted by molar-refractivity contribution is 7.85. The van der Waals surface area contributed by atoms with Crippen molar-refractivity contribution >= 4 is 16.8 Å². The third-order valence-electron chi connectivity index (χ3n) is 3.50. The standard InChI is InChI=1S/C11H20N2O2S/c1-10-4-2-3-5-13(10)11(14)12-6-8-16(15)9-7-12/h10H,2-9H2,1H3. The van der Waals surface area contributed by atoms with Gasteiger partial charge in [-0.15, -0.1) is 0 Å². The minimum atomic E-state index is -0.704. The molecule has 0 saturated carbocycles. The molecule has 2 rings (SSSR count). The number of piperidine rings is 1. The van der Waals surface area contributed by atoms with E-state index in [1.165, 1.54) is 6.42 Å². The second-order valence-corrected chi connectivity index (χ2v) is 6.35. The molecule has 1 atom stereocenters. The number of carbonyl (C=O) groups excluding carboxylic acids is 1. The van der Waals surface area contributed by atoms with E-state index in [1.807, 2.05) is 9.80 Å². The van der Waals surface area contributed by atoms with Gasteiger partial charge >= 0.3 is 6.03 Å². The van der Waals surface area contributed by atoms with E-state index in [2.05, 4.69) is 6.92 Å². The van der Waals surface area contributed by atoms with Crippen LogP contribution < -0.4 is 0 Å². The Hall–Kier alpha value is -0.580. The molecule has 0 aliphatic carbocycles. The minimum absolute atomic E-state index is 0.156. The van der Waals surface area contributed by atoms with Crippen LogP contribution >= 0.6 is 0 Å². The maximum Gasteiger partial charge on any atom is 0.320 e. The Morgan fingerprint density at radius 3 is 2.50 bits per heavy atom. The number of hydrogen-bond acceptors (Lipinski definition) is 2. The molecule has 2 fully saturated rings. The summed E-state index contributed by atoms with van der Waals surface area (Å²) >= 11 is 0. The van der Waals surface area contributed by atoms with Crippen LogP contribution in [-0.4, -0.2) is 57.2 Å². The van der Waals surface area contributed by atoms with E-state index < -0.39 is 10.8 Å². The summed E-state index contributed by atoms with van der Waals surface area (Å²) in [4.78, 5) is 16.1. The maximum absolute atomic E-state index is 12.2. The van der Waals surface area contributed by atoms with Gasteiger partial charge in [0.15, 0.2) is 0 Å². The Balaban J connectivity index is 1.93. The number of urea groups is 1. The van der Waals surface area contributed by atoms with Gasteiger partial charge in [-0.25, -0.2) is 4.79 Å². The summed E-state index contributed by atoms with van der Waals surface area (Å²) in [5.41, 5.74) is 0.